The molecule has 4 heteroatoms. The van der Waals surface area contributed by atoms with Crippen molar-refractivity contribution in [1.29, 1.82) is 0 Å². The van der Waals surface area contributed by atoms with Gasteiger partial charge in [-0.1, -0.05) is 13.5 Å². The third-order valence-electron chi connectivity index (χ3n) is 2.00. The summed E-state index contributed by atoms with van der Waals surface area (Å²) in [5.74, 6) is -0.195. The fraction of sp³-hybridized carbons (Fsp3) is 0.167. The number of carbonyl (C=O) groups is 1. The average molecular weight is 218 g/mol. The first-order valence-electron chi connectivity index (χ1n) is 4.93. The van der Waals surface area contributed by atoms with Crippen LogP contribution in [-0.4, -0.2) is 17.2 Å². The van der Waals surface area contributed by atoms with Gasteiger partial charge in [0.25, 0.3) is 5.91 Å². The predicted octanol–water partition coefficient (Wildman–Crippen LogP) is 2.07. The van der Waals surface area contributed by atoms with E-state index in [0.717, 1.165) is 12.0 Å². The van der Waals surface area contributed by atoms with Crippen LogP contribution in [0.2, 0.25) is 0 Å². The molecule has 1 rings (SSSR count). The van der Waals surface area contributed by atoms with E-state index >= 15 is 0 Å². The molecule has 0 unspecified atom stereocenters. The van der Waals surface area contributed by atoms with Gasteiger partial charge in [0.05, 0.1) is 0 Å². The molecule has 1 amide bonds. The van der Waals surface area contributed by atoms with Gasteiger partial charge in [-0.05, 0) is 36.3 Å². The summed E-state index contributed by atoms with van der Waals surface area (Å²) in [6.45, 7) is 5.68. The number of hydrogen-bond donors (Lipinski definition) is 2. The van der Waals surface area contributed by atoms with Crippen LogP contribution in [0.15, 0.2) is 41.5 Å². The minimum atomic E-state index is -0.319. The standard InChI is InChI=1S/C12H14N2O2/c1-3-9(2)8-13-14-12(16)10-4-6-11(15)7-5-10/h4-8,15H,2-3H2,1H3,(H,14,16)/b13-8+. The van der Waals surface area contributed by atoms with Crippen LogP contribution in [0.4, 0.5) is 0 Å². The summed E-state index contributed by atoms with van der Waals surface area (Å²) in [6, 6.07) is 5.94. The first-order valence-corrected chi connectivity index (χ1v) is 4.93. The maximum atomic E-state index is 11.5. The van der Waals surface area contributed by atoms with Gasteiger partial charge in [-0.2, -0.15) is 5.10 Å². The van der Waals surface area contributed by atoms with Gasteiger partial charge in [-0.15, -0.1) is 0 Å². The van der Waals surface area contributed by atoms with Crippen LogP contribution in [-0.2, 0) is 0 Å². The van der Waals surface area contributed by atoms with Crippen LogP contribution in [0.25, 0.3) is 0 Å². The van der Waals surface area contributed by atoms with E-state index in [1.54, 1.807) is 0 Å². The van der Waals surface area contributed by atoms with Gasteiger partial charge in [0.15, 0.2) is 0 Å². The van der Waals surface area contributed by atoms with Crippen molar-refractivity contribution in [3.63, 3.8) is 0 Å². The molecule has 0 aromatic heterocycles. The Kier molecular flexibility index (Phi) is 4.27. The van der Waals surface area contributed by atoms with Crippen molar-refractivity contribution in [3.8, 4) is 5.75 Å². The van der Waals surface area contributed by atoms with E-state index in [-0.39, 0.29) is 11.7 Å². The van der Waals surface area contributed by atoms with Gasteiger partial charge in [-0.3, -0.25) is 4.79 Å². The molecule has 0 fully saturated rings. The Morgan fingerprint density at radius 1 is 1.50 bits per heavy atom. The van der Waals surface area contributed by atoms with Crippen LogP contribution in [0.1, 0.15) is 23.7 Å². The number of aromatic hydroxyl groups is 1. The molecular weight excluding hydrogens is 204 g/mol. The van der Waals surface area contributed by atoms with Crippen molar-refractivity contribution in [2.45, 2.75) is 13.3 Å². The lowest BCUT2D eigenvalue weighted by atomic mass is 10.2. The number of hydrazone groups is 1. The Bertz CT molecular complexity index is 408. The van der Waals surface area contributed by atoms with Crippen molar-refractivity contribution in [3.05, 3.63) is 42.0 Å². The SMILES string of the molecule is C=C(/C=N/NC(=O)c1ccc(O)cc1)CC. The van der Waals surface area contributed by atoms with Crippen molar-refractivity contribution in [2.75, 3.05) is 0 Å². The molecule has 84 valence electrons. The van der Waals surface area contributed by atoms with E-state index in [2.05, 4.69) is 17.1 Å². The van der Waals surface area contributed by atoms with E-state index in [0.29, 0.717) is 5.56 Å². The van der Waals surface area contributed by atoms with Gasteiger partial charge in [0.1, 0.15) is 5.75 Å². The minimum absolute atomic E-state index is 0.124. The number of amides is 1. The topological polar surface area (TPSA) is 61.7 Å². The summed E-state index contributed by atoms with van der Waals surface area (Å²) in [5.41, 5.74) is 3.65. The van der Waals surface area contributed by atoms with Crippen LogP contribution in [0, 0.1) is 0 Å². The van der Waals surface area contributed by atoms with Crippen molar-refractivity contribution in [1.82, 2.24) is 5.43 Å². The second-order valence-electron chi connectivity index (χ2n) is 3.26. The Balaban J connectivity index is 2.56. The summed E-state index contributed by atoms with van der Waals surface area (Å²) in [7, 11) is 0. The lowest BCUT2D eigenvalue weighted by Gasteiger charge is -1.99. The fourth-order valence-corrected chi connectivity index (χ4v) is 0.951. The van der Waals surface area contributed by atoms with E-state index in [9.17, 15) is 4.79 Å². The number of phenols is 1. The van der Waals surface area contributed by atoms with E-state index in [4.69, 9.17) is 5.11 Å². The molecule has 0 heterocycles. The number of nitrogens with zero attached hydrogens (tertiary/aromatic N) is 1. The van der Waals surface area contributed by atoms with Crippen LogP contribution >= 0.6 is 0 Å². The molecule has 0 aliphatic rings. The van der Waals surface area contributed by atoms with Crippen molar-refractivity contribution < 1.29 is 9.90 Å². The van der Waals surface area contributed by atoms with Crippen LogP contribution in [0.5, 0.6) is 5.75 Å². The molecule has 0 aliphatic carbocycles. The summed E-state index contributed by atoms with van der Waals surface area (Å²) in [4.78, 5) is 11.5. The molecule has 2 N–H and O–H groups in total. The Labute approximate surface area is 94.3 Å². The first kappa shape index (κ1) is 12.0. The highest BCUT2D eigenvalue weighted by molar-refractivity contribution is 5.94. The Morgan fingerprint density at radius 3 is 2.69 bits per heavy atom. The highest BCUT2D eigenvalue weighted by atomic mass is 16.3. The van der Waals surface area contributed by atoms with Crippen LogP contribution < -0.4 is 5.43 Å². The van der Waals surface area contributed by atoms with Gasteiger partial charge in [-0.25, -0.2) is 5.43 Å². The smallest absolute Gasteiger partial charge is 0.271 e. The number of nitrogens with one attached hydrogen (secondary N) is 1. The number of benzene rings is 1. The minimum Gasteiger partial charge on any atom is -0.508 e. The van der Waals surface area contributed by atoms with E-state index in [1.807, 2.05) is 6.92 Å². The number of phenolic OH excluding ortho intramolecular Hbond substituents is 1. The van der Waals surface area contributed by atoms with Crippen molar-refractivity contribution >= 4 is 12.1 Å². The molecule has 16 heavy (non-hydrogen) atoms. The van der Waals surface area contributed by atoms with Crippen LogP contribution in [0.3, 0.4) is 0 Å². The predicted molar refractivity (Wildman–Crippen MR) is 63.5 cm³/mol. The zero-order valence-corrected chi connectivity index (χ0v) is 9.10. The third-order valence-corrected chi connectivity index (χ3v) is 2.00. The molecule has 0 saturated heterocycles. The van der Waals surface area contributed by atoms with E-state index < -0.39 is 0 Å². The number of carbonyl (C=O) groups excluding carboxylic acids is 1. The molecule has 0 aliphatic heterocycles. The maximum Gasteiger partial charge on any atom is 0.271 e. The maximum absolute atomic E-state index is 11.5. The van der Waals surface area contributed by atoms with E-state index in [1.165, 1.54) is 30.5 Å². The number of hydrogen-bond acceptors (Lipinski definition) is 3. The largest absolute Gasteiger partial charge is 0.508 e. The average Bonchev–Trinajstić information content (AvgIpc) is 2.29. The summed E-state index contributed by atoms with van der Waals surface area (Å²) < 4.78 is 0. The fourth-order valence-electron chi connectivity index (χ4n) is 0.951. The Hall–Kier alpha value is -2.10. The molecule has 0 radical (unpaired) electrons. The summed E-state index contributed by atoms with van der Waals surface area (Å²) in [5, 5.41) is 12.8. The number of rotatable bonds is 4. The molecule has 1 aromatic carbocycles. The second-order valence-corrected chi connectivity index (χ2v) is 3.26. The lowest BCUT2D eigenvalue weighted by Crippen LogP contribution is -2.17. The summed E-state index contributed by atoms with van der Waals surface area (Å²) >= 11 is 0. The van der Waals surface area contributed by atoms with Gasteiger partial charge >= 0.3 is 0 Å². The molecule has 0 atom stereocenters. The lowest BCUT2D eigenvalue weighted by molar-refractivity contribution is 0.0955. The monoisotopic (exact) mass is 218 g/mol. The molecule has 0 bridgehead atoms. The van der Waals surface area contributed by atoms with Crippen molar-refractivity contribution in [2.24, 2.45) is 5.10 Å². The summed E-state index contributed by atoms with van der Waals surface area (Å²) in [6.07, 6.45) is 2.30. The van der Waals surface area contributed by atoms with Gasteiger partial charge < -0.3 is 5.11 Å². The third kappa shape index (κ3) is 3.57. The number of allylic oxidation sites excluding steroid dienone is 1. The Morgan fingerprint density at radius 2 is 2.12 bits per heavy atom. The zero-order chi connectivity index (χ0) is 12.0. The highest BCUT2D eigenvalue weighted by Gasteiger charge is 2.02. The molecule has 0 spiro atoms. The molecule has 4 nitrogen and oxygen atoms in total. The van der Waals surface area contributed by atoms with Gasteiger partial charge in [0, 0.05) is 11.8 Å². The normalized spacial score (nSPS) is 10.3. The molecular formula is C12H14N2O2. The molecule has 1 aromatic rings. The first-order chi connectivity index (χ1) is 7.63. The highest BCUT2D eigenvalue weighted by Crippen LogP contribution is 2.09. The quantitative estimate of drug-likeness (QED) is 0.600. The second kappa shape index (κ2) is 5.70. The van der Waals surface area contributed by atoms with Gasteiger partial charge in [0.2, 0.25) is 0 Å². The zero-order valence-electron chi connectivity index (χ0n) is 9.10. The molecule has 0 saturated carbocycles.